The van der Waals surface area contributed by atoms with Gasteiger partial charge in [-0.3, -0.25) is 5.43 Å². The Hall–Kier alpha value is -3.60. The van der Waals surface area contributed by atoms with E-state index >= 15 is 0 Å². The van der Waals surface area contributed by atoms with Crippen molar-refractivity contribution < 1.29 is 9.90 Å². The molecule has 3 aromatic rings. The van der Waals surface area contributed by atoms with Gasteiger partial charge in [0.15, 0.2) is 0 Å². The summed E-state index contributed by atoms with van der Waals surface area (Å²) in [6.45, 7) is 3.94. The molecule has 5 heteroatoms. The van der Waals surface area contributed by atoms with Crippen LogP contribution in [0.3, 0.4) is 0 Å². The number of hydrogen-bond donors (Lipinski definition) is 1. The van der Waals surface area contributed by atoms with Crippen LogP contribution in [-0.2, 0) is 6.54 Å². The molecule has 5 nitrogen and oxygen atoms in total. The number of nitrogens with zero attached hydrogens (tertiary/aromatic N) is 2. The van der Waals surface area contributed by atoms with E-state index in [9.17, 15) is 9.90 Å². The van der Waals surface area contributed by atoms with Crippen LogP contribution in [0.25, 0.3) is 0 Å². The molecule has 0 unspecified atom stereocenters. The lowest BCUT2D eigenvalue weighted by molar-refractivity contribution is -0.255. The monoisotopic (exact) mass is 372 g/mol. The summed E-state index contributed by atoms with van der Waals surface area (Å²) in [5.41, 5.74) is 7.15. The third-order valence-electron chi connectivity index (χ3n) is 4.38. The van der Waals surface area contributed by atoms with Gasteiger partial charge in [0.25, 0.3) is 0 Å². The molecule has 0 aliphatic rings. The van der Waals surface area contributed by atoms with E-state index in [-0.39, 0.29) is 5.56 Å². The fourth-order valence-electron chi connectivity index (χ4n) is 2.82. The van der Waals surface area contributed by atoms with Gasteiger partial charge < -0.3 is 14.8 Å². The smallest absolute Gasteiger partial charge is 0.0715 e. The van der Waals surface area contributed by atoms with Gasteiger partial charge in [-0.15, -0.1) is 0 Å². The summed E-state index contributed by atoms with van der Waals surface area (Å²) in [7, 11) is 0. The van der Waals surface area contributed by atoms with Gasteiger partial charge >= 0.3 is 0 Å². The molecule has 0 bridgehead atoms. The van der Waals surface area contributed by atoms with E-state index in [2.05, 4.69) is 58.7 Å². The standard InChI is InChI=1S/C23H23N3O2/c1-2-26(17-19-6-4-3-5-7-19)22-14-8-18(9-15-22)16-24-25-21-12-10-20(11-13-21)23(27)28/h3-16,25H,2,17H2,1H3,(H,27,28)/p-1/b24-16-. The van der Waals surface area contributed by atoms with E-state index in [1.165, 1.54) is 17.7 Å². The fraction of sp³-hybridized carbons (Fsp3) is 0.130. The molecule has 0 aliphatic heterocycles. The third-order valence-corrected chi connectivity index (χ3v) is 4.38. The normalized spacial score (nSPS) is 10.8. The number of nitrogens with one attached hydrogen (secondary N) is 1. The van der Waals surface area contributed by atoms with Crippen molar-refractivity contribution >= 4 is 23.6 Å². The number of rotatable bonds is 8. The maximum absolute atomic E-state index is 10.7. The maximum atomic E-state index is 10.7. The summed E-state index contributed by atoms with van der Waals surface area (Å²) in [5.74, 6) is -1.19. The van der Waals surface area contributed by atoms with Gasteiger partial charge in [0, 0.05) is 18.8 Å². The van der Waals surface area contributed by atoms with Crippen molar-refractivity contribution in [3.63, 3.8) is 0 Å². The van der Waals surface area contributed by atoms with Crippen molar-refractivity contribution in [3.05, 3.63) is 95.6 Å². The lowest BCUT2D eigenvalue weighted by Crippen LogP contribution is -2.21. The van der Waals surface area contributed by atoms with Crippen LogP contribution in [-0.4, -0.2) is 18.7 Å². The molecule has 0 saturated heterocycles. The third kappa shape index (κ3) is 5.20. The molecule has 0 heterocycles. The van der Waals surface area contributed by atoms with Gasteiger partial charge in [-0.05, 0) is 47.9 Å². The first-order valence-corrected chi connectivity index (χ1v) is 9.15. The minimum Gasteiger partial charge on any atom is -0.545 e. The Kier molecular flexibility index (Phi) is 6.41. The number of carboxylic acids is 1. The zero-order valence-corrected chi connectivity index (χ0v) is 15.7. The van der Waals surface area contributed by atoms with Gasteiger partial charge in [0.1, 0.15) is 0 Å². The Balaban J connectivity index is 1.60. The molecule has 0 saturated carbocycles. The number of hydrogen-bond acceptors (Lipinski definition) is 5. The largest absolute Gasteiger partial charge is 0.545 e. The quantitative estimate of drug-likeness (QED) is 0.485. The zero-order valence-electron chi connectivity index (χ0n) is 15.7. The summed E-state index contributed by atoms with van der Waals surface area (Å²) >= 11 is 0. The highest BCUT2D eigenvalue weighted by Gasteiger charge is 2.05. The molecule has 142 valence electrons. The minimum absolute atomic E-state index is 0.140. The molecule has 0 radical (unpaired) electrons. The van der Waals surface area contributed by atoms with Crippen LogP contribution in [0.15, 0.2) is 84.0 Å². The molecule has 28 heavy (non-hydrogen) atoms. The van der Waals surface area contributed by atoms with Gasteiger partial charge in [0.2, 0.25) is 0 Å². The Morgan fingerprint density at radius 2 is 1.68 bits per heavy atom. The fourth-order valence-corrected chi connectivity index (χ4v) is 2.82. The van der Waals surface area contributed by atoms with Crippen molar-refractivity contribution in [1.29, 1.82) is 0 Å². The number of benzene rings is 3. The first-order valence-electron chi connectivity index (χ1n) is 9.15. The Morgan fingerprint density at radius 3 is 2.29 bits per heavy atom. The molecular formula is C23H22N3O2-. The van der Waals surface area contributed by atoms with E-state index in [1.807, 2.05) is 18.2 Å². The van der Waals surface area contributed by atoms with E-state index in [0.717, 1.165) is 24.3 Å². The van der Waals surface area contributed by atoms with Crippen molar-refractivity contribution in [2.45, 2.75) is 13.5 Å². The second-order valence-electron chi connectivity index (χ2n) is 6.33. The molecule has 0 fully saturated rings. The van der Waals surface area contributed by atoms with Crippen molar-refractivity contribution in [3.8, 4) is 0 Å². The first kappa shape index (κ1) is 19.2. The van der Waals surface area contributed by atoms with Crippen LogP contribution >= 0.6 is 0 Å². The Labute approximate surface area is 165 Å². The van der Waals surface area contributed by atoms with Crippen LogP contribution in [0.4, 0.5) is 11.4 Å². The number of carbonyl (C=O) groups excluding carboxylic acids is 1. The summed E-state index contributed by atoms with van der Waals surface area (Å²) < 4.78 is 0. The number of carbonyl (C=O) groups is 1. The lowest BCUT2D eigenvalue weighted by Gasteiger charge is -2.23. The van der Waals surface area contributed by atoms with Crippen LogP contribution in [0, 0.1) is 0 Å². The second kappa shape index (κ2) is 9.37. The molecule has 3 rings (SSSR count). The summed E-state index contributed by atoms with van der Waals surface area (Å²) in [4.78, 5) is 13.1. The highest BCUT2D eigenvalue weighted by Crippen LogP contribution is 2.17. The van der Waals surface area contributed by atoms with Crippen LogP contribution in [0.5, 0.6) is 0 Å². The molecular weight excluding hydrogens is 350 g/mol. The molecule has 0 spiro atoms. The number of anilines is 2. The number of hydrazone groups is 1. The van der Waals surface area contributed by atoms with Crippen molar-refractivity contribution in [1.82, 2.24) is 0 Å². The van der Waals surface area contributed by atoms with Crippen molar-refractivity contribution in [2.75, 3.05) is 16.9 Å². The first-order chi connectivity index (χ1) is 13.7. The summed E-state index contributed by atoms with van der Waals surface area (Å²) in [6.07, 6.45) is 1.73. The van der Waals surface area contributed by atoms with E-state index < -0.39 is 5.97 Å². The van der Waals surface area contributed by atoms with Crippen LogP contribution in [0.1, 0.15) is 28.4 Å². The molecule has 0 aromatic heterocycles. The lowest BCUT2D eigenvalue weighted by atomic mass is 10.1. The second-order valence-corrected chi connectivity index (χ2v) is 6.33. The Morgan fingerprint density at radius 1 is 1.00 bits per heavy atom. The average Bonchev–Trinajstić information content (AvgIpc) is 2.74. The topological polar surface area (TPSA) is 67.8 Å². The van der Waals surface area contributed by atoms with E-state index in [4.69, 9.17) is 0 Å². The molecule has 3 aromatic carbocycles. The highest BCUT2D eigenvalue weighted by molar-refractivity contribution is 5.86. The van der Waals surface area contributed by atoms with Crippen LogP contribution < -0.4 is 15.4 Å². The van der Waals surface area contributed by atoms with Crippen molar-refractivity contribution in [2.24, 2.45) is 5.10 Å². The maximum Gasteiger partial charge on any atom is 0.0715 e. The molecule has 1 N–H and O–H groups in total. The summed E-state index contributed by atoms with van der Waals surface area (Å²) in [6, 6.07) is 24.9. The van der Waals surface area contributed by atoms with E-state index in [1.54, 1.807) is 18.3 Å². The minimum atomic E-state index is -1.19. The number of aromatic carboxylic acids is 1. The highest BCUT2D eigenvalue weighted by atomic mass is 16.4. The molecule has 0 amide bonds. The molecule has 0 atom stereocenters. The number of carboxylic acid groups (broad SMARTS) is 1. The van der Waals surface area contributed by atoms with E-state index in [0.29, 0.717) is 5.69 Å². The predicted octanol–water partition coefficient (Wildman–Crippen LogP) is 3.52. The zero-order chi connectivity index (χ0) is 19.8. The van der Waals surface area contributed by atoms with Gasteiger partial charge in [-0.2, -0.15) is 5.10 Å². The SMILES string of the molecule is CCN(Cc1ccccc1)c1ccc(/C=N\Nc2ccc(C(=O)[O-])cc2)cc1. The van der Waals surface area contributed by atoms with Crippen LogP contribution in [0.2, 0.25) is 0 Å². The van der Waals surface area contributed by atoms with Gasteiger partial charge in [-0.1, -0.05) is 54.6 Å². The predicted molar refractivity (Wildman–Crippen MR) is 112 cm³/mol. The van der Waals surface area contributed by atoms with Gasteiger partial charge in [-0.25, -0.2) is 0 Å². The average molecular weight is 372 g/mol. The molecule has 0 aliphatic carbocycles. The summed E-state index contributed by atoms with van der Waals surface area (Å²) in [5, 5.41) is 14.9. The van der Waals surface area contributed by atoms with Gasteiger partial charge in [0.05, 0.1) is 17.9 Å². The Bertz CT molecular complexity index is 920.